The molecule has 1 fully saturated rings. The highest BCUT2D eigenvalue weighted by molar-refractivity contribution is 6.33. The Morgan fingerprint density at radius 1 is 1.37 bits per heavy atom. The van der Waals surface area contributed by atoms with Gasteiger partial charge in [-0.1, -0.05) is 23.2 Å². The second-order valence-corrected chi connectivity index (χ2v) is 5.92. The Labute approximate surface area is 125 Å². The van der Waals surface area contributed by atoms with Gasteiger partial charge >= 0.3 is 0 Å². The van der Waals surface area contributed by atoms with Crippen LogP contribution in [0.15, 0.2) is 18.2 Å². The molecule has 1 saturated heterocycles. The summed E-state index contributed by atoms with van der Waals surface area (Å²) >= 11 is 12.3. The second kappa shape index (κ2) is 7.49. The summed E-state index contributed by atoms with van der Waals surface area (Å²) in [6.45, 7) is 0.910. The van der Waals surface area contributed by atoms with Gasteiger partial charge < -0.3 is 10.1 Å². The number of rotatable bonds is 5. The fraction of sp³-hybridized carbons (Fsp3) is 0.600. The molecule has 0 amide bonds. The van der Waals surface area contributed by atoms with Gasteiger partial charge in [0.05, 0.1) is 6.10 Å². The Bertz CT molecular complexity index is 405. The summed E-state index contributed by atoms with van der Waals surface area (Å²) in [6.07, 6.45) is 6.15. The number of halogens is 2. The summed E-state index contributed by atoms with van der Waals surface area (Å²) in [6, 6.07) is 5.87. The first-order valence-corrected chi connectivity index (χ1v) is 7.70. The highest BCUT2D eigenvalue weighted by Gasteiger charge is 2.18. The van der Waals surface area contributed by atoms with Gasteiger partial charge in [0.15, 0.2) is 0 Å². The van der Waals surface area contributed by atoms with E-state index in [1.54, 1.807) is 0 Å². The third kappa shape index (κ3) is 4.35. The van der Waals surface area contributed by atoms with E-state index in [4.69, 9.17) is 27.9 Å². The Kier molecular flexibility index (Phi) is 5.96. The van der Waals surface area contributed by atoms with Crippen molar-refractivity contribution in [1.82, 2.24) is 5.32 Å². The molecular formula is C15H21Cl2NO. The van der Waals surface area contributed by atoms with Crippen LogP contribution in [-0.4, -0.2) is 19.8 Å². The minimum absolute atomic E-state index is 0.233. The van der Waals surface area contributed by atoms with Crippen molar-refractivity contribution >= 4 is 23.2 Å². The van der Waals surface area contributed by atoms with E-state index in [-0.39, 0.29) is 6.04 Å². The molecule has 1 heterocycles. The van der Waals surface area contributed by atoms with E-state index in [9.17, 15) is 0 Å². The normalized spacial score (nSPS) is 21.3. The quantitative estimate of drug-likeness (QED) is 0.858. The first-order chi connectivity index (χ1) is 9.20. The minimum atomic E-state index is 0.233. The number of hydrogen-bond acceptors (Lipinski definition) is 2. The van der Waals surface area contributed by atoms with Gasteiger partial charge in [0.25, 0.3) is 0 Å². The van der Waals surface area contributed by atoms with Crippen molar-refractivity contribution in [1.29, 1.82) is 0 Å². The summed E-state index contributed by atoms with van der Waals surface area (Å²) in [5, 5.41) is 4.83. The Balaban J connectivity index is 1.97. The standard InChI is InChI=1S/C15H21Cl2NO/c1-18-15(8-6-12-4-2-3-9-19-12)13-10-11(16)5-7-14(13)17/h5,7,10,12,15,18H,2-4,6,8-9H2,1H3. The van der Waals surface area contributed by atoms with Crippen molar-refractivity contribution in [2.24, 2.45) is 0 Å². The zero-order valence-electron chi connectivity index (χ0n) is 11.3. The molecule has 1 aliphatic heterocycles. The van der Waals surface area contributed by atoms with Crippen molar-refractivity contribution in [3.05, 3.63) is 33.8 Å². The zero-order chi connectivity index (χ0) is 13.7. The molecule has 2 nitrogen and oxygen atoms in total. The summed E-state index contributed by atoms with van der Waals surface area (Å²) in [5.74, 6) is 0. The molecule has 1 aromatic carbocycles. The fourth-order valence-corrected chi connectivity index (χ4v) is 3.05. The van der Waals surface area contributed by atoms with Gasteiger partial charge in [0.2, 0.25) is 0 Å². The maximum absolute atomic E-state index is 6.26. The van der Waals surface area contributed by atoms with Crippen LogP contribution in [0.2, 0.25) is 10.0 Å². The van der Waals surface area contributed by atoms with E-state index in [2.05, 4.69) is 5.32 Å². The van der Waals surface area contributed by atoms with Crippen LogP contribution >= 0.6 is 23.2 Å². The fourth-order valence-electron chi connectivity index (χ4n) is 2.62. The summed E-state index contributed by atoms with van der Waals surface area (Å²) < 4.78 is 5.78. The van der Waals surface area contributed by atoms with E-state index in [0.29, 0.717) is 6.10 Å². The molecule has 0 saturated carbocycles. The predicted molar refractivity (Wildman–Crippen MR) is 81.1 cm³/mol. The van der Waals surface area contributed by atoms with Crippen LogP contribution in [0.5, 0.6) is 0 Å². The van der Waals surface area contributed by atoms with Gasteiger partial charge in [0.1, 0.15) is 0 Å². The van der Waals surface area contributed by atoms with Gasteiger partial charge in [-0.25, -0.2) is 0 Å². The van der Waals surface area contributed by atoms with Crippen molar-refractivity contribution < 1.29 is 4.74 Å². The highest BCUT2D eigenvalue weighted by Crippen LogP contribution is 2.30. The highest BCUT2D eigenvalue weighted by atomic mass is 35.5. The number of nitrogens with one attached hydrogen (secondary N) is 1. The second-order valence-electron chi connectivity index (χ2n) is 5.07. The molecule has 1 aliphatic rings. The lowest BCUT2D eigenvalue weighted by Crippen LogP contribution is -2.23. The maximum Gasteiger partial charge on any atom is 0.0575 e. The van der Waals surface area contributed by atoms with Gasteiger partial charge in [0, 0.05) is 22.7 Å². The maximum atomic E-state index is 6.26. The lowest BCUT2D eigenvalue weighted by atomic mass is 9.97. The lowest BCUT2D eigenvalue weighted by Gasteiger charge is -2.25. The third-order valence-electron chi connectivity index (χ3n) is 3.73. The van der Waals surface area contributed by atoms with Gasteiger partial charge in [-0.15, -0.1) is 0 Å². The van der Waals surface area contributed by atoms with Gasteiger partial charge in [-0.2, -0.15) is 0 Å². The van der Waals surface area contributed by atoms with Crippen LogP contribution < -0.4 is 5.32 Å². The molecular weight excluding hydrogens is 281 g/mol. The molecule has 0 aliphatic carbocycles. The predicted octanol–water partition coefficient (Wildman–Crippen LogP) is 4.60. The van der Waals surface area contributed by atoms with Crippen molar-refractivity contribution in [2.75, 3.05) is 13.7 Å². The van der Waals surface area contributed by atoms with E-state index >= 15 is 0 Å². The Morgan fingerprint density at radius 3 is 2.89 bits per heavy atom. The van der Waals surface area contributed by atoms with E-state index in [0.717, 1.165) is 35.1 Å². The Morgan fingerprint density at radius 2 is 2.21 bits per heavy atom. The average Bonchev–Trinajstić information content (AvgIpc) is 2.44. The SMILES string of the molecule is CNC(CCC1CCCCO1)c1cc(Cl)ccc1Cl. The van der Waals surface area contributed by atoms with Crippen LogP contribution in [0, 0.1) is 0 Å². The first kappa shape index (κ1) is 15.1. The van der Waals surface area contributed by atoms with Gasteiger partial charge in [-0.3, -0.25) is 0 Å². The van der Waals surface area contributed by atoms with Crippen LogP contribution in [0.1, 0.15) is 43.7 Å². The largest absolute Gasteiger partial charge is 0.378 e. The molecule has 4 heteroatoms. The lowest BCUT2D eigenvalue weighted by molar-refractivity contribution is 0.00866. The molecule has 0 bridgehead atoms. The topological polar surface area (TPSA) is 21.3 Å². The van der Waals surface area contributed by atoms with E-state index in [1.807, 2.05) is 25.2 Å². The number of benzene rings is 1. The number of hydrogen-bond donors (Lipinski definition) is 1. The molecule has 2 unspecified atom stereocenters. The molecule has 2 rings (SSSR count). The molecule has 0 spiro atoms. The molecule has 2 atom stereocenters. The van der Waals surface area contributed by atoms with Crippen LogP contribution in [0.25, 0.3) is 0 Å². The molecule has 19 heavy (non-hydrogen) atoms. The van der Waals surface area contributed by atoms with E-state index in [1.165, 1.54) is 19.3 Å². The molecule has 1 aromatic rings. The summed E-state index contributed by atoms with van der Waals surface area (Å²) in [4.78, 5) is 0. The number of ether oxygens (including phenoxy) is 1. The van der Waals surface area contributed by atoms with Crippen LogP contribution in [-0.2, 0) is 4.74 Å². The van der Waals surface area contributed by atoms with Crippen LogP contribution in [0.4, 0.5) is 0 Å². The summed E-state index contributed by atoms with van der Waals surface area (Å²) in [5.41, 5.74) is 1.08. The molecule has 0 radical (unpaired) electrons. The molecule has 1 N–H and O–H groups in total. The Hall–Kier alpha value is -0.280. The average molecular weight is 302 g/mol. The first-order valence-electron chi connectivity index (χ1n) is 6.94. The summed E-state index contributed by atoms with van der Waals surface area (Å²) in [7, 11) is 1.96. The smallest absolute Gasteiger partial charge is 0.0575 e. The van der Waals surface area contributed by atoms with E-state index < -0.39 is 0 Å². The monoisotopic (exact) mass is 301 g/mol. The van der Waals surface area contributed by atoms with Crippen molar-refractivity contribution in [2.45, 2.75) is 44.2 Å². The van der Waals surface area contributed by atoms with Crippen LogP contribution in [0.3, 0.4) is 0 Å². The molecule has 106 valence electrons. The third-order valence-corrected chi connectivity index (χ3v) is 4.31. The van der Waals surface area contributed by atoms with Crippen molar-refractivity contribution in [3.63, 3.8) is 0 Å². The van der Waals surface area contributed by atoms with Crippen molar-refractivity contribution in [3.8, 4) is 0 Å². The minimum Gasteiger partial charge on any atom is -0.378 e. The van der Waals surface area contributed by atoms with Gasteiger partial charge in [-0.05, 0) is 62.9 Å². The molecule has 0 aromatic heterocycles. The zero-order valence-corrected chi connectivity index (χ0v) is 12.8.